The van der Waals surface area contributed by atoms with Gasteiger partial charge in [-0.1, -0.05) is 25.1 Å². The molecular formula is C22H26FN3O3. The average molecular weight is 399 g/mol. The molecule has 29 heavy (non-hydrogen) atoms. The first kappa shape index (κ1) is 21.0. The molecular weight excluding hydrogens is 373 g/mol. The number of aliphatic carboxylic acids is 1. The van der Waals surface area contributed by atoms with Gasteiger partial charge in [0, 0.05) is 44.4 Å². The molecule has 1 aromatic heterocycles. The van der Waals surface area contributed by atoms with Gasteiger partial charge < -0.3 is 20.1 Å². The maximum atomic E-state index is 13.9. The molecule has 2 unspecified atom stereocenters. The van der Waals surface area contributed by atoms with Crippen LogP contribution in [-0.4, -0.2) is 39.4 Å². The van der Waals surface area contributed by atoms with Gasteiger partial charge in [0.15, 0.2) is 5.60 Å². The number of aryl methyl sites for hydroxylation is 1. The molecule has 0 bridgehead atoms. The van der Waals surface area contributed by atoms with Crippen LogP contribution < -0.4 is 5.73 Å². The molecule has 7 heteroatoms. The van der Waals surface area contributed by atoms with Crippen molar-refractivity contribution >= 4 is 5.97 Å². The van der Waals surface area contributed by atoms with Crippen LogP contribution in [0.5, 0.6) is 0 Å². The number of ether oxygens (including phenoxy) is 1. The van der Waals surface area contributed by atoms with E-state index in [-0.39, 0.29) is 13.2 Å². The zero-order valence-corrected chi connectivity index (χ0v) is 16.6. The van der Waals surface area contributed by atoms with Crippen LogP contribution in [0.1, 0.15) is 31.2 Å². The molecule has 2 atom stereocenters. The van der Waals surface area contributed by atoms with Gasteiger partial charge >= 0.3 is 5.97 Å². The van der Waals surface area contributed by atoms with Crippen molar-refractivity contribution in [3.05, 3.63) is 77.2 Å². The second-order valence-corrected chi connectivity index (χ2v) is 6.95. The second kappa shape index (κ2) is 8.71. The number of nitrogens with zero attached hydrogens (tertiary/aromatic N) is 2. The summed E-state index contributed by atoms with van der Waals surface area (Å²) in [6.07, 6.45) is 7.77. The van der Waals surface area contributed by atoms with Crippen molar-refractivity contribution in [2.24, 2.45) is 5.73 Å². The Labute approximate surface area is 169 Å². The first-order chi connectivity index (χ1) is 13.9. The molecule has 0 saturated heterocycles. The minimum Gasteiger partial charge on any atom is -0.479 e. The largest absolute Gasteiger partial charge is 0.479 e. The molecule has 1 heterocycles. The highest BCUT2D eigenvalue weighted by atomic mass is 19.1. The van der Waals surface area contributed by atoms with Crippen molar-refractivity contribution < 1.29 is 19.0 Å². The van der Waals surface area contributed by atoms with Crippen LogP contribution in [-0.2, 0) is 22.5 Å². The van der Waals surface area contributed by atoms with Crippen molar-refractivity contribution in [3.63, 3.8) is 0 Å². The fourth-order valence-corrected chi connectivity index (χ4v) is 3.87. The number of aromatic nitrogens is 2. The Morgan fingerprint density at radius 2 is 2.17 bits per heavy atom. The monoisotopic (exact) mass is 399 g/mol. The van der Waals surface area contributed by atoms with Crippen LogP contribution in [0.15, 0.2) is 60.0 Å². The maximum Gasteiger partial charge on any atom is 0.341 e. The van der Waals surface area contributed by atoms with E-state index in [4.69, 9.17) is 10.5 Å². The SMILES string of the molecule is CCOC1(C(=O)O)C=C(Cn2ccnc2CC)C(CN)=CC1c1cccc(F)c1. The van der Waals surface area contributed by atoms with E-state index in [9.17, 15) is 14.3 Å². The van der Waals surface area contributed by atoms with Crippen molar-refractivity contribution in [1.82, 2.24) is 9.55 Å². The molecule has 0 amide bonds. The zero-order valence-electron chi connectivity index (χ0n) is 16.6. The summed E-state index contributed by atoms with van der Waals surface area (Å²) in [5.74, 6) is -1.36. The average Bonchev–Trinajstić information content (AvgIpc) is 3.15. The number of carbonyl (C=O) groups is 1. The number of hydrogen-bond acceptors (Lipinski definition) is 4. The fourth-order valence-electron chi connectivity index (χ4n) is 3.87. The van der Waals surface area contributed by atoms with Gasteiger partial charge in [-0.05, 0) is 41.8 Å². The van der Waals surface area contributed by atoms with Crippen molar-refractivity contribution in [2.75, 3.05) is 13.2 Å². The van der Waals surface area contributed by atoms with E-state index < -0.39 is 23.3 Å². The third-order valence-corrected chi connectivity index (χ3v) is 5.23. The molecule has 0 radical (unpaired) electrons. The summed E-state index contributed by atoms with van der Waals surface area (Å²) in [5.41, 5.74) is 6.46. The van der Waals surface area contributed by atoms with E-state index in [1.165, 1.54) is 12.1 Å². The highest BCUT2D eigenvalue weighted by Crippen LogP contribution is 2.41. The van der Waals surface area contributed by atoms with E-state index in [1.807, 2.05) is 17.7 Å². The number of imidazole rings is 1. The summed E-state index contributed by atoms with van der Waals surface area (Å²) in [6.45, 7) is 4.61. The first-order valence-electron chi connectivity index (χ1n) is 9.70. The molecule has 0 spiro atoms. The Morgan fingerprint density at radius 3 is 2.79 bits per heavy atom. The summed E-state index contributed by atoms with van der Waals surface area (Å²) in [5, 5.41) is 10.2. The predicted molar refractivity (Wildman–Crippen MR) is 108 cm³/mol. The molecule has 0 aliphatic heterocycles. The van der Waals surface area contributed by atoms with Crippen LogP contribution in [0.3, 0.4) is 0 Å². The highest BCUT2D eigenvalue weighted by Gasteiger charge is 2.48. The predicted octanol–water partition coefficient (Wildman–Crippen LogP) is 3.05. The quantitative estimate of drug-likeness (QED) is 0.712. The Kier molecular flexibility index (Phi) is 6.30. The van der Waals surface area contributed by atoms with Crippen molar-refractivity contribution in [3.8, 4) is 0 Å². The number of carboxylic acids is 1. The lowest BCUT2D eigenvalue weighted by Crippen LogP contribution is -2.47. The van der Waals surface area contributed by atoms with E-state index in [0.29, 0.717) is 12.1 Å². The third-order valence-electron chi connectivity index (χ3n) is 5.23. The van der Waals surface area contributed by atoms with Gasteiger partial charge in [0.2, 0.25) is 0 Å². The Morgan fingerprint density at radius 1 is 1.38 bits per heavy atom. The maximum absolute atomic E-state index is 13.9. The number of carboxylic acid groups (broad SMARTS) is 1. The molecule has 0 fully saturated rings. The number of benzene rings is 1. The standard InChI is InChI=1S/C22H26FN3O3/c1-3-20-25-8-9-26(20)14-17-12-22(21(27)28,29-4-2)19(11-16(17)13-24)15-6-5-7-18(23)10-15/h5-12,19H,3-4,13-14,24H2,1-2H3,(H,27,28). The smallest absolute Gasteiger partial charge is 0.341 e. The van der Waals surface area contributed by atoms with Crippen LogP contribution >= 0.6 is 0 Å². The Bertz CT molecular complexity index is 950. The summed E-state index contributed by atoms with van der Waals surface area (Å²) in [7, 11) is 0. The lowest BCUT2D eigenvalue weighted by Gasteiger charge is -2.38. The van der Waals surface area contributed by atoms with Crippen LogP contribution in [0.2, 0.25) is 0 Å². The van der Waals surface area contributed by atoms with Gasteiger partial charge in [-0.2, -0.15) is 0 Å². The lowest BCUT2D eigenvalue weighted by molar-refractivity contribution is -0.160. The fraction of sp³-hybridized carbons (Fsp3) is 0.364. The third kappa shape index (κ3) is 4.02. The Balaban J connectivity index is 2.13. The topological polar surface area (TPSA) is 90.4 Å². The summed E-state index contributed by atoms with van der Waals surface area (Å²) in [4.78, 5) is 16.8. The van der Waals surface area contributed by atoms with Crippen molar-refractivity contribution in [1.29, 1.82) is 0 Å². The lowest BCUT2D eigenvalue weighted by atomic mass is 9.74. The molecule has 3 rings (SSSR count). The zero-order chi connectivity index (χ0) is 21.0. The van der Waals surface area contributed by atoms with E-state index in [2.05, 4.69) is 4.98 Å². The number of hydrogen-bond donors (Lipinski definition) is 2. The number of rotatable bonds is 8. The van der Waals surface area contributed by atoms with E-state index >= 15 is 0 Å². The van der Waals surface area contributed by atoms with E-state index in [0.717, 1.165) is 23.4 Å². The summed E-state index contributed by atoms with van der Waals surface area (Å²) in [6, 6.07) is 5.95. The number of nitrogens with two attached hydrogens (primary N) is 1. The van der Waals surface area contributed by atoms with Crippen LogP contribution in [0.25, 0.3) is 0 Å². The van der Waals surface area contributed by atoms with Gasteiger partial charge in [0.25, 0.3) is 0 Å². The van der Waals surface area contributed by atoms with Gasteiger partial charge in [-0.3, -0.25) is 0 Å². The molecule has 2 aromatic rings. The van der Waals surface area contributed by atoms with Gasteiger partial charge in [-0.15, -0.1) is 0 Å². The van der Waals surface area contributed by atoms with Crippen molar-refractivity contribution in [2.45, 2.75) is 38.3 Å². The minimum absolute atomic E-state index is 0.193. The summed E-state index contributed by atoms with van der Waals surface area (Å²) >= 11 is 0. The molecule has 6 nitrogen and oxygen atoms in total. The van der Waals surface area contributed by atoms with Gasteiger partial charge in [-0.25, -0.2) is 14.2 Å². The minimum atomic E-state index is -1.65. The van der Waals surface area contributed by atoms with Gasteiger partial charge in [0.05, 0.1) is 0 Å². The van der Waals surface area contributed by atoms with Gasteiger partial charge in [0.1, 0.15) is 11.6 Å². The second-order valence-electron chi connectivity index (χ2n) is 6.95. The molecule has 1 aliphatic rings. The van der Waals surface area contributed by atoms with Crippen LogP contribution in [0.4, 0.5) is 4.39 Å². The summed E-state index contributed by atoms with van der Waals surface area (Å²) < 4.78 is 21.7. The Hall–Kier alpha value is -2.77. The molecule has 0 saturated carbocycles. The highest BCUT2D eigenvalue weighted by molar-refractivity contribution is 5.84. The van der Waals surface area contributed by atoms with Crippen LogP contribution in [0, 0.1) is 5.82 Å². The molecule has 3 N–H and O–H groups in total. The molecule has 1 aromatic carbocycles. The normalized spacial score (nSPS) is 21.6. The first-order valence-corrected chi connectivity index (χ1v) is 9.70. The molecule has 1 aliphatic carbocycles. The number of halogens is 1. The van der Waals surface area contributed by atoms with E-state index in [1.54, 1.807) is 37.4 Å². The molecule has 154 valence electrons.